The standard InChI is InChI=1S/C25H24FN3O5S/c1-18-7-13-22(14-8-18)35(32,33)29(16-21-5-3-4-6-23(21)26)17-24(30)28-27-15-19-9-11-20(12-10-19)25(31)34-2/h3-15H,16-17H2,1-2H3,(H,28,30)/b27-15+. The van der Waals surface area contributed by atoms with Crippen LogP contribution < -0.4 is 5.43 Å². The van der Waals surface area contributed by atoms with Crippen molar-refractivity contribution >= 4 is 28.1 Å². The van der Waals surface area contributed by atoms with E-state index in [2.05, 4.69) is 15.3 Å². The van der Waals surface area contributed by atoms with Crippen LogP contribution in [0.15, 0.2) is 82.8 Å². The van der Waals surface area contributed by atoms with Crippen molar-refractivity contribution < 1.29 is 27.1 Å². The second-order valence-electron chi connectivity index (χ2n) is 7.58. The largest absolute Gasteiger partial charge is 0.465 e. The molecule has 8 nitrogen and oxygen atoms in total. The van der Waals surface area contributed by atoms with E-state index in [-0.39, 0.29) is 17.0 Å². The number of hydrazone groups is 1. The molecule has 0 fully saturated rings. The summed E-state index contributed by atoms with van der Waals surface area (Å²) in [6.45, 7) is 0.903. The molecule has 3 rings (SSSR count). The van der Waals surface area contributed by atoms with E-state index in [1.807, 2.05) is 6.92 Å². The summed E-state index contributed by atoms with van der Waals surface area (Å²) in [6.07, 6.45) is 1.34. The van der Waals surface area contributed by atoms with Crippen LogP contribution in [-0.4, -0.2) is 44.5 Å². The fourth-order valence-electron chi connectivity index (χ4n) is 3.10. The molecule has 1 amide bonds. The number of esters is 1. The van der Waals surface area contributed by atoms with Crippen LogP contribution in [0, 0.1) is 12.7 Å². The lowest BCUT2D eigenvalue weighted by molar-refractivity contribution is -0.121. The fraction of sp³-hybridized carbons (Fsp3) is 0.160. The molecule has 0 saturated carbocycles. The number of rotatable bonds is 9. The number of aryl methyl sites for hydroxylation is 1. The van der Waals surface area contributed by atoms with Crippen molar-refractivity contribution in [1.29, 1.82) is 0 Å². The van der Waals surface area contributed by atoms with Gasteiger partial charge in [0.25, 0.3) is 5.91 Å². The molecular formula is C25H24FN3O5S. The summed E-state index contributed by atoms with van der Waals surface area (Å²) in [6, 6.07) is 18.2. The van der Waals surface area contributed by atoms with E-state index in [9.17, 15) is 22.4 Å². The number of nitrogens with one attached hydrogen (secondary N) is 1. The van der Waals surface area contributed by atoms with Gasteiger partial charge in [-0.3, -0.25) is 4.79 Å². The SMILES string of the molecule is COC(=O)c1ccc(/C=N/NC(=O)CN(Cc2ccccc2F)S(=O)(=O)c2ccc(C)cc2)cc1. The number of benzene rings is 3. The van der Waals surface area contributed by atoms with Crippen LogP contribution in [0.5, 0.6) is 0 Å². The maximum Gasteiger partial charge on any atom is 0.337 e. The van der Waals surface area contributed by atoms with E-state index in [1.165, 1.54) is 43.7 Å². The van der Waals surface area contributed by atoms with E-state index in [0.717, 1.165) is 9.87 Å². The second kappa shape index (κ2) is 11.5. The normalized spacial score (nSPS) is 11.5. The Kier molecular flexibility index (Phi) is 8.45. The molecule has 3 aromatic carbocycles. The Balaban J connectivity index is 1.76. The zero-order valence-electron chi connectivity index (χ0n) is 19.1. The van der Waals surface area contributed by atoms with E-state index in [1.54, 1.807) is 42.5 Å². The summed E-state index contributed by atoms with van der Waals surface area (Å²) in [5.74, 6) is -1.77. The quantitative estimate of drug-likeness (QED) is 0.278. The first-order valence-corrected chi connectivity index (χ1v) is 11.9. The van der Waals surface area contributed by atoms with Crippen molar-refractivity contribution in [2.24, 2.45) is 5.10 Å². The Morgan fingerprint density at radius 1 is 1.03 bits per heavy atom. The number of halogens is 1. The molecule has 0 spiro atoms. The Labute approximate surface area is 203 Å². The maximum absolute atomic E-state index is 14.2. The van der Waals surface area contributed by atoms with Crippen LogP contribution in [0.25, 0.3) is 0 Å². The van der Waals surface area contributed by atoms with Crippen LogP contribution in [0.3, 0.4) is 0 Å². The van der Waals surface area contributed by atoms with Gasteiger partial charge in [-0.1, -0.05) is 48.0 Å². The number of carbonyl (C=O) groups is 2. The summed E-state index contributed by atoms with van der Waals surface area (Å²) in [5.41, 5.74) is 4.23. The number of carbonyl (C=O) groups excluding carboxylic acids is 2. The van der Waals surface area contributed by atoms with Gasteiger partial charge in [0.1, 0.15) is 5.82 Å². The van der Waals surface area contributed by atoms with Gasteiger partial charge < -0.3 is 4.74 Å². The van der Waals surface area contributed by atoms with Gasteiger partial charge in [-0.25, -0.2) is 23.0 Å². The third-order valence-corrected chi connectivity index (χ3v) is 6.82. The molecule has 35 heavy (non-hydrogen) atoms. The number of ether oxygens (including phenoxy) is 1. The number of methoxy groups -OCH3 is 1. The van der Waals surface area contributed by atoms with Crippen LogP contribution in [-0.2, 0) is 26.1 Å². The van der Waals surface area contributed by atoms with Crippen molar-refractivity contribution in [3.05, 3.63) is 101 Å². The predicted octanol–water partition coefficient (Wildman–Crippen LogP) is 3.26. The van der Waals surface area contributed by atoms with Gasteiger partial charge in [-0.05, 0) is 42.8 Å². The highest BCUT2D eigenvalue weighted by atomic mass is 32.2. The van der Waals surface area contributed by atoms with E-state index < -0.39 is 34.3 Å². The molecule has 10 heteroatoms. The van der Waals surface area contributed by atoms with E-state index in [0.29, 0.717) is 11.1 Å². The van der Waals surface area contributed by atoms with Crippen LogP contribution in [0.2, 0.25) is 0 Å². The molecule has 0 heterocycles. The minimum absolute atomic E-state index is 0.0126. The summed E-state index contributed by atoms with van der Waals surface area (Å²) in [7, 11) is -2.83. The molecule has 0 saturated heterocycles. The molecule has 1 N–H and O–H groups in total. The fourth-order valence-corrected chi connectivity index (χ4v) is 4.47. The first-order valence-electron chi connectivity index (χ1n) is 10.5. The lowest BCUT2D eigenvalue weighted by atomic mass is 10.1. The number of sulfonamides is 1. The number of hydrogen-bond acceptors (Lipinski definition) is 6. The topological polar surface area (TPSA) is 105 Å². The smallest absolute Gasteiger partial charge is 0.337 e. The van der Waals surface area contributed by atoms with Crippen LogP contribution >= 0.6 is 0 Å². The lowest BCUT2D eigenvalue weighted by Crippen LogP contribution is -2.39. The molecule has 0 unspecified atom stereocenters. The summed E-state index contributed by atoms with van der Waals surface area (Å²) < 4.78 is 46.3. The minimum atomic E-state index is -4.11. The second-order valence-corrected chi connectivity index (χ2v) is 9.52. The van der Waals surface area contributed by atoms with E-state index in [4.69, 9.17) is 0 Å². The molecular weight excluding hydrogens is 473 g/mol. The highest BCUT2D eigenvalue weighted by molar-refractivity contribution is 7.89. The average Bonchev–Trinajstić information content (AvgIpc) is 2.85. The molecule has 0 radical (unpaired) electrons. The van der Waals surface area contributed by atoms with Crippen molar-refractivity contribution in [1.82, 2.24) is 9.73 Å². The molecule has 182 valence electrons. The third-order valence-electron chi connectivity index (χ3n) is 5.02. The molecule has 3 aromatic rings. The highest BCUT2D eigenvalue weighted by Gasteiger charge is 2.27. The van der Waals surface area contributed by atoms with Gasteiger partial charge in [-0.2, -0.15) is 9.41 Å². The molecule has 0 aliphatic rings. The zero-order chi connectivity index (χ0) is 25.4. The van der Waals surface area contributed by atoms with Gasteiger partial charge in [0.05, 0.1) is 30.3 Å². The van der Waals surface area contributed by atoms with Crippen molar-refractivity contribution in [2.75, 3.05) is 13.7 Å². The number of hydrogen-bond donors (Lipinski definition) is 1. The van der Waals surface area contributed by atoms with Crippen molar-refractivity contribution in [2.45, 2.75) is 18.4 Å². The summed E-state index contributed by atoms with van der Waals surface area (Å²) >= 11 is 0. The third kappa shape index (κ3) is 6.81. The molecule has 0 bridgehead atoms. The van der Waals surface area contributed by atoms with Gasteiger partial charge in [-0.15, -0.1) is 0 Å². The van der Waals surface area contributed by atoms with Gasteiger partial charge >= 0.3 is 5.97 Å². The first-order chi connectivity index (χ1) is 16.7. The first kappa shape index (κ1) is 25.7. The maximum atomic E-state index is 14.2. The minimum Gasteiger partial charge on any atom is -0.465 e. The Hall–Kier alpha value is -3.89. The Bertz CT molecular complexity index is 1320. The zero-order valence-corrected chi connectivity index (χ0v) is 20.0. The van der Waals surface area contributed by atoms with Crippen LogP contribution in [0.4, 0.5) is 4.39 Å². The number of nitrogens with zero attached hydrogens (tertiary/aromatic N) is 2. The van der Waals surface area contributed by atoms with Crippen molar-refractivity contribution in [3.63, 3.8) is 0 Å². The van der Waals surface area contributed by atoms with Crippen molar-refractivity contribution in [3.8, 4) is 0 Å². The predicted molar refractivity (Wildman–Crippen MR) is 129 cm³/mol. The Morgan fingerprint density at radius 3 is 2.31 bits per heavy atom. The molecule has 0 aromatic heterocycles. The van der Waals surface area contributed by atoms with Gasteiger partial charge in [0.2, 0.25) is 10.0 Å². The van der Waals surface area contributed by atoms with Crippen LogP contribution in [0.1, 0.15) is 27.0 Å². The highest BCUT2D eigenvalue weighted by Crippen LogP contribution is 2.20. The molecule has 0 aliphatic heterocycles. The molecule has 0 aliphatic carbocycles. The monoisotopic (exact) mass is 497 g/mol. The number of amides is 1. The van der Waals surface area contributed by atoms with Gasteiger partial charge in [0.15, 0.2) is 0 Å². The lowest BCUT2D eigenvalue weighted by Gasteiger charge is -2.22. The van der Waals surface area contributed by atoms with E-state index >= 15 is 0 Å². The summed E-state index contributed by atoms with van der Waals surface area (Å²) in [5, 5.41) is 3.84. The summed E-state index contributed by atoms with van der Waals surface area (Å²) in [4.78, 5) is 24.0. The molecule has 0 atom stereocenters. The average molecular weight is 498 g/mol. The van der Waals surface area contributed by atoms with Gasteiger partial charge in [0, 0.05) is 12.1 Å². The Morgan fingerprint density at radius 2 is 1.69 bits per heavy atom.